The van der Waals surface area contributed by atoms with Gasteiger partial charge >= 0.3 is 12.4 Å². The summed E-state index contributed by atoms with van der Waals surface area (Å²) < 4.78 is 48.1. The van der Waals surface area contributed by atoms with Gasteiger partial charge in [-0.25, -0.2) is 14.5 Å². The quantitative estimate of drug-likeness (QED) is 0.223. The Kier molecular flexibility index (Phi) is 8.23. The molecule has 0 bridgehead atoms. The number of hydrogen-bond donors (Lipinski definition) is 1. The Bertz CT molecular complexity index is 1800. The summed E-state index contributed by atoms with van der Waals surface area (Å²) in [7, 11) is 1.56. The highest BCUT2D eigenvalue weighted by Crippen LogP contribution is 2.46. The normalized spacial score (nSPS) is 16.6. The topological polar surface area (TPSA) is 111 Å². The number of aromatic nitrogens is 3. The Balaban J connectivity index is 1.15. The first-order valence-electron chi connectivity index (χ1n) is 14.4. The van der Waals surface area contributed by atoms with Crippen LogP contribution in [0.5, 0.6) is 11.5 Å². The molecule has 2 aliphatic rings. The van der Waals surface area contributed by atoms with Gasteiger partial charge < -0.3 is 14.8 Å². The van der Waals surface area contributed by atoms with Crippen molar-refractivity contribution in [3.05, 3.63) is 84.2 Å². The first-order chi connectivity index (χ1) is 21.9. The van der Waals surface area contributed by atoms with Crippen molar-refractivity contribution < 1.29 is 32.2 Å². The average molecular weight is 651 g/mol. The standard InChI is InChI=1S/C32H29F3N6O4S/c1-19(2)25-13-12-24(44-3)16-26(25)41-27(42)17-46-30(41)37-29(43)38-31(14-15-31)21-6-4-20(5-7-21)28-36-18-40(39-28)22-8-10-23(11-9-22)45-32(33,34)35/h4-13,16,18-19H,14-15,17H2,1-3H3,(H,38,43)/b37-30-. The van der Waals surface area contributed by atoms with Crippen LogP contribution in [0.25, 0.3) is 17.1 Å². The summed E-state index contributed by atoms with van der Waals surface area (Å²) in [6.07, 6.45) is -1.84. The third-order valence-corrected chi connectivity index (χ3v) is 8.61. The largest absolute Gasteiger partial charge is 0.573 e. The van der Waals surface area contributed by atoms with E-state index in [2.05, 4.69) is 25.1 Å². The summed E-state index contributed by atoms with van der Waals surface area (Å²) in [5.74, 6) is 0.836. The van der Waals surface area contributed by atoms with Crippen molar-refractivity contribution in [3.63, 3.8) is 0 Å². The van der Waals surface area contributed by atoms with E-state index in [1.54, 1.807) is 13.2 Å². The zero-order valence-electron chi connectivity index (χ0n) is 25.0. The zero-order valence-corrected chi connectivity index (χ0v) is 25.9. The van der Waals surface area contributed by atoms with Gasteiger partial charge in [0.25, 0.3) is 0 Å². The number of rotatable bonds is 8. The van der Waals surface area contributed by atoms with Crippen molar-refractivity contribution in [1.29, 1.82) is 0 Å². The van der Waals surface area contributed by atoms with Gasteiger partial charge in [-0.1, -0.05) is 55.9 Å². The molecule has 1 saturated carbocycles. The number of thioether (sulfide) groups is 1. The lowest BCUT2D eigenvalue weighted by Gasteiger charge is -2.22. The number of anilines is 1. The van der Waals surface area contributed by atoms with Crippen molar-refractivity contribution >= 4 is 34.6 Å². The summed E-state index contributed by atoms with van der Waals surface area (Å²) in [6.45, 7) is 4.07. The number of benzene rings is 3. The Morgan fingerprint density at radius 3 is 2.37 bits per heavy atom. The maximum atomic E-state index is 13.2. The average Bonchev–Trinajstić information content (AvgIpc) is 3.46. The lowest BCUT2D eigenvalue weighted by Crippen LogP contribution is -2.35. The third-order valence-electron chi connectivity index (χ3n) is 7.68. The molecule has 14 heteroatoms. The molecule has 2 heterocycles. The van der Waals surface area contributed by atoms with Crippen LogP contribution in [0.3, 0.4) is 0 Å². The van der Waals surface area contributed by atoms with Gasteiger partial charge in [0.15, 0.2) is 11.0 Å². The molecule has 1 saturated heterocycles. The van der Waals surface area contributed by atoms with Crippen LogP contribution in [-0.2, 0) is 10.3 Å². The number of amides is 3. The molecular formula is C32H29F3N6O4S. The predicted molar refractivity (Wildman–Crippen MR) is 167 cm³/mol. The minimum atomic E-state index is -4.77. The van der Waals surface area contributed by atoms with E-state index in [1.807, 2.05) is 50.2 Å². The maximum Gasteiger partial charge on any atom is 0.573 e. The molecule has 2 fully saturated rings. The molecule has 0 radical (unpaired) electrons. The van der Waals surface area contributed by atoms with Crippen LogP contribution < -0.4 is 19.7 Å². The number of nitrogens with zero attached hydrogens (tertiary/aromatic N) is 5. The summed E-state index contributed by atoms with van der Waals surface area (Å²) in [5.41, 5.74) is 3.14. The lowest BCUT2D eigenvalue weighted by molar-refractivity contribution is -0.274. The summed E-state index contributed by atoms with van der Waals surface area (Å²) in [6, 6.07) is 17.8. The van der Waals surface area contributed by atoms with E-state index in [9.17, 15) is 22.8 Å². The molecule has 1 aromatic heterocycles. The van der Waals surface area contributed by atoms with Crippen molar-refractivity contribution in [2.45, 2.75) is 44.5 Å². The second-order valence-electron chi connectivity index (χ2n) is 11.1. The Hall–Kier alpha value is -4.85. The monoisotopic (exact) mass is 650 g/mol. The van der Waals surface area contributed by atoms with Gasteiger partial charge in [-0.3, -0.25) is 9.69 Å². The smallest absolute Gasteiger partial charge is 0.497 e. The molecule has 10 nitrogen and oxygen atoms in total. The third kappa shape index (κ3) is 6.57. The second kappa shape index (κ2) is 12.2. The van der Waals surface area contributed by atoms with E-state index < -0.39 is 17.9 Å². The minimum Gasteiger partial charge on any atom is -0.497 e. The molecule has 46 heavy (non-hydrogen) atoms. The van der Waals surface area contributed by atoms with Gasteiger partial charge in [-0.05, 0) is 60.2 Å². The van der Waals surface area contributed by atoms with Gasteiger partial charge in [0.05, 0.1) is 29.8 Å². The van der Waals surface area contributed by atoms with Gasteiger partial charge in [0.2, 0.25) is 5.91 Å². The van der Waals surface area contributed by atoms with Crippen molar-refractivity contribution in [2.24, 2.45) is 4.99 Å². The molecule has 1 aliphatic heterocycles. The zero-order chi connectivity index (χ0) is 32.6. The number of halogens is 3. The number of carbonyl (C=O) groups excluding carboxylic acids is 2. The number of carbonyl (C=O) groups is 2. The molecule has 0 atom stereocenters. The molecule has 4 aromatic rings. The van der Waals surface area contributed by atoms with E-state index in [1.165, 1.54) is 51.9 Å². The van der Waals surface area contributed by atoms with Crippen LogP contribution in [0.1, 0.15) is 43.7 Å². The van der Waals surface area contributed by atoms with Crippen molar-refractivity contribution in [1.82, 2.24) is 20.1 Å². The number of ether oxygens (including phenoxy) is 2. The Morgan fingerprint density at radius 1 is 1.04 bits per heavy atom. The lowest BCUT2D eigenvalue weighted by atomic mass is 10.00. The maximum absolute atomic E-state index is 13.2. The number of urea groups is 1. The Labute approximate surface area is 266 Å². The molecule has 0 spiro atoms. The second-order valence-corrected chi connectivity index (χ2v) is 12.1. The van der Waals surface area contributed by atoms with Gasteiger partial charge in [-0.15, -0.1) is 18.3 Å². The highest BCUT2D eigenvalue weighted by atomic mass is 32.2. The fourth-order valence-electron chi connectivity index (χ4n) is 5.20. The van der Waals surface area contributed by atoms with E-state index in [4.69, 9.17) is 4.74 Å². The minimum absolute atomic E-state index is 0.129. The van der Waals surface area contributed by atoms with E-state index in [-0.39, 0.29) is 23.3 Å². The summed E-state index contributed by atoms with van der Waals surface area (Å²) >= 11 is 1.22. The van der Waals surface area contributed by atoms with Gasteiger partial charge in [0, 0.05) is 11.6 Å². The number of hydrogen-bond acceptors (Lipinski definition) is 7. The molecule has 1 aliphatic carbocycles. The fraction of sp³-hybridized carbons (Fsp3) is 0.281. The van der Waals surface area contributed by atoms with Crippen LogP contribution in [0.15, 0.2) is 78.0 Å². The van der Waals surface area contributed by atoms with Gasteiger partial charge in [0.1, 0.15) is 17.8 Å². The van der Waals surface area contributed by atoms with Crippen LogP contribution in [0.4, 0.5) is 23.7 Å². The van der Waals surface area contributed by atoms with E-state index in [0.717, 1.165) is 29.5 Å². The number of alkyl halides is 3. The fourth-order valence-corrected chi connectivity index (χ4v) is 6.06. The highest BCUT2D eigenvalue weighted by Gasteiger charge is 2.46. The van der Waals surface area contributed by atoms with Crippen molar-refractivity contribution in [2.75, 3.05) is 17.8 Å². The Morgan fingerprint density at radius 2 is 1.74 bits per heavy atom. The first kappa shape index (κ1) is 31.1. The van der Waals surface area contributed by atoms with Gasteiger partial charge in [-0.2, -0.15) is 4.99 Å². The molecule has 0 unspecified atom stereocenters. The van der Waals surface area contributed by atoms with Crippen LogP contribution in [0.2, 0.25) is 0 Å². The molecule has 1 N–H and O–H groups in total. The molecule has 238 valence electrons. The summed E-state index contributed by atoms with van der Waals surface area (Å²) in [5, 5.41) is 7.80. The van der Waals surface area contributed by atoms with Crippen LogP contribution in [-0.4, -0.2) is 51.1 Å². The highest BCUT2D eigenvalue weighted by molar-refractivity contribution is 8.15. The number of aliphatic imine (C=N–C) groups is 1. The molecule has 3 aromatic carbocycles. The SMILES string of the molecule is COc1ccc(C(C)C)c(N2C(=O)CS/C2=N\C(=O)NC2(c3ccc(-c4ncn(-c5ccc(OC(F)(F)F)cc5)n4)cc3)CC2)c1. The first-order valence-corrected chi connectivity index (χ1v) is 15.4. The number of amidine groups is 1. The number of nitrogens with one attached hydrogen (secondary N) is 1. The van der Waals surface area contributed by atoms with Crippen LogP contribution in [0, 0.1) is 0 Å². The molecular weight excluding hydrogens is 621 g/mol. The molecule has 3 amide bonds. The van der Waals surface area contributed by atoms with E-state index >= 15 is 0 Å². The number of methoxy groups -OCH3 is 1. The predicted octanol–water partition coefficient (Wildman–Crippen LogP) is 6.80. The van der Waals surface area contributed by atoms with Crippen molar-refractivity contribution in [3.8, 4) is 28.6 Å². The van der Waals surface area contributed by atoms with E-state index in [0.29, 0.717) is 28.1 Å². The van der Waals surface area contributed by atoms with Crippen LogP contribution >= 0.6 is 11.8 Å². The summed E-state index contributed by atoms with van der Waals surface area (Å²) in [4.78, 5) is 36.3. The molecule has 6 rings (SSSR count).